The van der Waals surface area contributed by atoms with Crippen LogP contribution in [0.3, 0.4) is 0 Å². The zero-order valence-electron chi connectivity index (χ0n) is 18.1. The van der Waals surface area contributed by atoms with Gasteiger partial charge in [-0.3, -0.25) is 0 Å². The highest BCUT2D eigenvalue weighted by atomic mass is 16.5. The normalized spacial score (nSPS) is 12.6. The van der Waals surface area contributed by atoms with E-state index in [-0.39, 0.29) is 5.69 Å². The van der Waals surface area contributed by atoms with Crippen LogP contribution in [0.5, 0.6) is 0 Å². The summed E-state index contributed by atoms with van der Waals surface area (Å²) in [5, 5.41) is 0.930. The molecule has 0 saturated heterocycles. The first kappa shape index (κ1) is 22.0. The number of aromatic nitrogens is 2. The van der Waals surface area contributed by atoms with Gasteiger partial charge in [-0.2, -0.15) is 0 Å². The number of benzene rings is 2. The third kappa shape index (κ3) is 6.67. The highest BCUT2D eigenvalue weighted by molar-refractivity contribution is 5.83. The average Bonchev–Trinajstić information content (AvgIpc) is 2.76. The van der Waals surface area contributed by atoms with Gasteiger partial charge in [0.25, 0.3) is 0 Å². The van der Waals surface area contributed by atoms with Gasteiger partial charge in [-0.15, -0.1) is 0 Å². The van der Waals surface area contributed by atoms with E-state index in [1.54, 1.807) is 6.20 Å². The number of nitrogens with one attached hydrogen (secondary N) is 1. The minimum Gasteiger partial charge on any atom is -0.379 e. The van der Waals surface area contributed by atoms with Crippen molar-refractivity contribution in [1.82, 2.24) is 9.97 Å². The summed E-state index contributed by atoms with van der Waals surface area (Å²) in [5.41, 5.74) is 3.95. The van der Waals surface area contributed by atoms with Crippen LogP contribution in [0.15, 0.2) is 59.5 Å². The molecule has 0 aliphatic rings. The topological polar surface area (TPSA) is 55.0 Å². The molecule has 2 aromatic carbocycles. The number of unbranched alkanes of at least 4 members (excludes halogenated alkanes) is 3. The third-order valence-corrected chi connectivity index (χ3v) is 5.30. The first-order chi connectivity index (χ1) is 14.7. The van der Waals surface area contributed by atoms with E-state index in [0.29, 0.717) is 6.10 Å². The minimum absolute atomic E-state index is 0.319. The van der Waals surface area contributed by atoms with E-state index >= 15 is 0 Å². The molecular weight excluding hydrogens is 372 g/mol. The molecule has 0 aliphatic carbocycles. The Hall–Kier alpha value is -2.72. The van der Waals surface area contributed by atoms with Crippen molar-refractivity contribution in [3.63, 3.8) is 0 Å². The first-order valence-corrected chi connectivity index (χ1v) is 11.0. The van der Waals surface area contributed by atoms with Gasteiger partial charge in [-0.1, -0.05) is 62.2 Å². The maximum atomic E-state index is 11.3. The van der Waals surface area contributed by atoms with Crippen molar-refractivity contribution in [2.75, 3.05) is 6.61 Å². The first-order valence-electron chi connectivity index (χ1n) is 11.0. The smallest absolute Gasteiger partial charge is 0.345 e. The molecule has 30 heavy (non-hydrogen) atoms. The standard InChI is InChI=1S/C26H32N2O2/c1-3-4-8-17-30-20(2)9-6-5-7-10-21-11-13-22(14-12-21)23-15-16-25-24(18-23)19-27-26(29)28-25/h7,10-16,18-20H,3-6,8-9,17H2,1-2H3,(H,27,28,29). The molecule has 0 spiro atoms. The number of ether oxygens (including phenoxy) is 1. The van der Waals surface area contributed by atoms with Crippen molar-refractivity contribution in [3.8, 4) is 11.1 Å². The molecule has 1 N–H and O–H groups in total. The fourth-order valence-electron chi connectivity index (χ4n) is 3.49. The molecule has 0 bridgehead atoms. The van der Waals surface area contributed by atoms with E-state index in [1.807, 2.05) is 12.1 Å². The van der Waals surface area contributed by atoms with Gasteiger partial charge in [0.15, 0.2) is 0 Å². The summed E-state index contributed by atoms with van der Waals surface area (Å²) in [6.45, 7) is 5.28. The lowest BCUT2D eigenvalue weighted by Gasteiger charge is -2.12. The summed E-state index contributed by atoms with van der Waals surface area (Å²) >= 11 is 0. The van der Waals surface area contributed by atoms with Crippen LogP contribution in [0, 0.1) is 0 Å². The number of rotatable bonds is 11. The van der Waals surface area contributed by atoms with E-state index in [9.17, 15) is 4.79 Å². The van der Waals surface area contributed by atoms with E-state index in [0.717, 1.165) is 47.9 Å². The Morgan fingerprint density at radius 1 is 1.07 bits per heavy atom. The quantitative estimate of drug-likeness (QED) is 0.378. The maximum absolute atomic E-state index is 11.3. The summed E-state index contributed by atoms with van der Waals surface area (Å²) in [6.07, 6.45) is 13.4. The van der Waals surface area contributed by atoms with Gasteiger partial charge in [0.2, 0.25) is 0 Å². The molecule has 158 valence electrons. The number of H-pyrrole nitrogens is 1. The van der Waals surface area contributed by atoms with Crippen molar-refractivity contribution in [1.29, 1.82) is 0 Å². The van der Waals surface area contributed by atoms with Gasteiger partial charge >= 0.3 is 5.69 Å². The zero-order valence-corrected chi connectivity index (χ0v) is 18.1. The van der Waals surface area contributed by atoms with E-state index < -0.39 is 0 Å². The molecule has 4 nitrogen and oxygen atoms in total. The molecule has 3 rings (SSSR count). The van der Waals surface area contributed by atoms with Crippen LogP contribution >= 0.6 is 0 Å². The van der Waals surface area contributed by atoms with Gasteiger partial charge in [-0.05, 0) is 61.4 Å². The SMILES string of the molecule is CCCCCOC(C)CCCC=Cc1ccc(-c2ccc3[nH]c(=O)ncc3c2)cc1. The molecule has 0 radical (unpaired) electrons. The molecule has 1 atom stereocenters. The predicted octanol–water partition coefficient (Wildman–Crippen LogP) is 6.37. The largest absolute Gasteiger partial charge is 0.379 e. The molecule has 0 saturated carbocycles. The fourth-order valence-corrected chi connectivity index (χ4v) is 3.49. The van der Waals surface area contributed by atoms with Crippen molar-refractivity contribution in [3.05, 3.63) is 70.8 Å². The number of nitrogens with zero attached hydrogens (tertiary/aromatic N) is 1. The van der Waals surface area contributed by atoms with Crippen LogP contribution in [0.1, 0.15) is 57.9 Å². The average molecular weight is 405 g/mol. The number of hydrogen-bond acceptors (Lipinski definition) is 3. The third-order valence-electron chi connectivity index (χ3n) is 5.30. The van der Waals surface area contributed by atoms with Gasteiger partial charge in [-0.25, -0.2) is 9.78 Å². The lowest BCUT2D eigenvalue weighted by atomic mass is 10.0. The maximum Gasteiger partial charge on any atom is 0.345 e. The fraction of sp³-hybridized carbons (Fsp3) is 0.385. The number of hydrogen-bond donors (Lipinski definition) is 1. The van der Waals surface area contributed by atoms with Gasteiger partial charge < -0.3 is 9.72 Å². The lowest BCUT2D eigenvalue weighted by molar-refractivity contribution is 0.0566. The zero-order chi connectivity index (χ0) is 21.2. The number of allylic oxidation sites excluding steroid dienone is 1. The Bertz CT molecular complexity index is 1010. The molecule has 4 heteroatoms. The molecule has 1 unspecified atom stereocenters. The Kier molecular flexibility index (Phi) is 8.40. The van der Waals surface area contributed by atoms with Crippen molar-refractivity contribution in [2.45, 2.75) is 58.5 Å². The van der Waals surface area contributed by atoms with Gasteiger partial charge in [0.05, 0.1) is 11.6 Å². The Labute approximate surface area is 179 Å². The van der Waals surface area contributed by atoms with Crippen LogP contribution in [0.4, 0.5) is 0 Å². The molecule has 0 aliphatic heterocycles. The van der Waals surface area contributed by atoms with Crippen molar-refractivity contribution in [2.24, 2.45) is 0 Å². The summed E-state index contributed by atoms with van der Waals surface area (Å²) in [6, 6.07) is 14.5. The second-order valence-electron chi connectivity index (χ2n) is 7.83. The molecule has 0 fully saturated rings. The summed E-state index contributed by atoms with van der Waals surface area (Å²) in [5.74, 6) is 0. The summed E-state index contributed by atoms with van der Waals surface area (Å²) in [7, 11) is 0. The van der Waals surface area contributed by atoms with Gasteiger partial charge in [0.1, 0.15) is 0 Å². The molecule has 1 aromatic heterocycles. The highest BCUT2D eigenvalue weighted by Gasteiger charge is 2.02. The predicted molar refractivity (Wildman–Crippen MR) is 126 cm³/mol. The van der Waals surface area contributed by atoms with Gasteiger partial charge in [0, 0.05) is 18.2 Å². The monoisotopic (exact) mass is 404 g/mol. The molecular formula is C26H32N2O2. The van der Waals surface area contributed by atoms with Crippen molar-refractivity contribution < 1.29 is 4.74 Å². The van der Waals surface area contributed by atoms with E-state index in [2.05, 4.69) is 66.3 Å². The van der Waals surface area contributed by atoms with Crippen LogP contribution in [0.25, 0.3) is 28.1 Å². The van der Waals surface area contributed by atoms with Crippen LogP contribution in [0.2, 0.25) is 0 Å². The number of aromatic amines is 1. The van der Waals surface area contributed by atoms with Crippen LogP contribution in [-0.2, 0) is 4.74 Å². The minimum atomic E-state index is -0.319. The Morgan fingerprint density at radius 3 is 2.67 bits per heavy atom. The van der Waals surface area contributed by atoms with Crippen molar-refractivity contribution >= 4 is 17.0 Å². The van der Waals surface area contributed by atoms with Crippen LogP contribution < -0.4 is 5.69 Å². The van der Waals surface area contributed by atoms with E-state index in [1.165, 1.54) is 24.8 Å². The Morgan fingerprint density at radius 2 is 1.87 bits per heavy atom. The molecule has 1 heterocycles. The molecule has 0 amide bonds. The molecule has 3 aromatic rings. The number of fused-ring (bicyclic) bond motifs is 1. The summed E-state index contributed by atoms with van der Waals surface area (Å²) in [4.78, 5) is 17.9. The Balaban J connectivity index is 1.47. The van der Waals surface area contributed by atoms with E-state index in [4.69, 9.17) is 4.74 Å². The second-order valence-corrected chi connectivity index (χ2v) is 7.83. The highest BCUT2D eigenvalue weighted by Crippen LogP contribution is 2.23. The summed E-state index contributed by atoms with van der Waals surface area (Å²) < 4.78 is 5.85. The lowest BCUT2D eigenvalue weighted by Crippen LogP contribution is -2.08. The van der Waals surface area contributed by atoms with Crippen LogP contribution in [-0.4, -0.2) is 22.7 Å². The second kappa shape index (κ2) is 11.5.